The van der Waals surface area contributed by atoms with Crippen LogP contribution in [0, 0.1) is 0 Å². The van der Waals surface area contributed by atoms with Gasteiger partial charge < -0.3 is 10.0 Å². The van der Waals surface area contributed by atoms with Crippen molar-refractivity contribution in [1.29, 1.82) is 0 Å². The van der Waals surface area contributed by atoms with Gasteiger partial charge in [0.2, 0.25) is 0 Å². The van der Waals surface area contributed by atoms with Crippen LogP contribution in [0.15, 0.2) is 42.7 Å². The van der Waals surface area contributed by atoms with Crippen molar-refractivity contribution in [3.63, 3.8) is 0 Å². The van der Waals surface area contributed by atoms with Crippen LogP contribution < -0.4 is 0 Å². The number of phenolic OH excluding ortho intramolecular Hbond substituents is 1. The molecule has 1 aromatic heterocycles. The topological polar surface area (TPSA) is 53.4 Å². The average molecular weight is 291 g/mol. The van der Waals surface area contributed by atoms with E-state index in [1.165, 1.54) is 18.2 Å². The van der Waals surface area contributed by atoms with E-state index in [0.717, 1.165) is 5.56 Å². The van der Waals surface area contributed by atoms with Crippen molar-refractivity contribution in [3.05, 3.63) is 58.9 Å². The smallest absolute Gasteiger partial charge is 0.255 e. The summed E-state index contributed by atoms with van der Waals surface area (Å²) in [6, 6.07) is 8.09. The summed E-state index contributed by atoms with van der Waals surface area (Å²) in [5.74, 6) is -0.178. The number of pyridine rings is 1. The standard InChI is InChI=1S/C15H15ClN2O2/c1-2-18(10-11-5-7-17-8-6-11)15(20)13-9-12(19)3-4-14(13)16/h3-9,19H,2,10H2,1H3. The zero-order valence-corrected chi connectivity index (χ0v) is 11.8. The minimum Gasteiger partial charge on any atom is -0.508 e. The van der Waals surface area contributed by atoms with Crippen LogP contribution >= 0.6 is 11.6 Å². The molecule has 0 radical (unpaired) electrons. The summed E-state index contributed by atoms with van der Waals surface area (Å²) < 4.78 is 0. The number of phenols is 1. The predicted molar refractivity (Wildman–Crippen MR) is 77.8 cm³/mol. The molecule has 0 atom stereocenters. The molecular weight excluding hydrogens is 276 g/mol. The molecule has 0 spiro atoms. The quantitative estimate of drug-likeness (QED) is 0.941. The number of carbonyl (C=O) groups excluding carboxylic acids is 1. The van der Waals surface area contributed by atoms with Gasteiger partial charge in [0.15, 0.2) is 0 Å². The lowest BCUT2D eigenvalue weighted by atomic mass is 10.1. The summed E-state index contributed by atoms with van der Waals surface area (Å²) >= 11 is 6.03. The number of rotatable bonds is 4. The number of amides is 1. The maximum Gasteiger partial charge on any atom is 0.255 e. The number of carbonyl (C=O) groups is 1. The average Bonchev–Trinajstić information content (AvgIpc) is 2.47. The Balaban J connectivity index is 2.23. The van der Waals surface area contributed by atoms with Crippen LogP contribution in [0.25, 0.3) is 0 Å². The van der Waals surface area contributed by atoms with Gasteiger partial charge in [-0.2, -0.15) is 0 Å². The Bertz CT molecular complexity index is 602. The Labute approximate surface area is 122 Å². The SMILES string of the molecule is CCN(Cc1ccncc1)C(=O)c1cc(O)ccc1Cl. The molecule has 0 saturated heterocycles. The fraction of sp³-hybridized carbons (Fsp3) is 0.200. The van der Waals surface area contributed by atoms with Gasteiger partial charge in [-0.1, -0.05) is 11.6 Å². The van der Waals surface area contributed by atoms with Gasteiger partial charge in [-0.05, 0) is 42.8 Å². The molecule has 5 heteroatoms. The highest BCUT2D eigenvalue weighted by Gasteiger charge is 2.18. The Morgan fingerprint density at radius 2 is 2.00 bits per heavy atom. The number of aromatic nitrogens is 1. The van der Waals surface area contributed by atoms with Crippen molar-refractivity contribution in [3.8, 4) is 5.75 Å². The fourth-order valence-corrected chi connectivity index (χ4v) is 2.08. The number of aromatic hydroxyl groups is 1. The minimum absolute atomic E-state index is 0.0257. The highest BCUT2D eigenvalue weighted by molar-refractivity contribution is 6.33. The lowest BCUT2D eigenvalue weighted by Gasteiger charge is -2.21. The second kappa shape index (κ2) is 6.39. The molecule has 1 aromatic carbocycles. The summed E-state index contributed by atoms with van der Waals surface area (Å²) in [6.07, 6.45) is 3.38. The molecule has 2 aromatic rings. The molecule has 0 aliphatic heterocycles. The molecule has 0 bridgehead atoms. The fourth-order valence-electron chi connectivity index (χ4n) is 1.88. The van der Waals surface area contributed by atoms with Gasteiger partial charge in [0.1, 0.15) is 5.75 Å². The molecule has 0 aliphatic rings. The van der Waals surface area contributed by atoms with E-state index in [0.29, 0.717) is 23.7 Å². The number of hydrogen-bond donors (Lipinski definition) is 1. The Morgan fingerprint density at radius 1 is 1.30 bits per heavy atom. The molecule has 0 unspecified atom stereocenters. The maximum absolute atomic E-state index is 12.5. The van der Waals surface area contributed by atoms with Crippen molar-refractivity contribution in [2.24, 2.45) is 0 Å². The van der Waals surface area contributed by atoms with E-state index >= 15 is 0 Å². The highest BCUT2D eigenvalue weighted by Crippen LogP contribution is 2.23. The summed E-state index contributed by atoms with van der Waals surface area (Å²) in [6.45, 7) is 2.92. The van der Waals surface area contributed by atoms with E-state index in [2.05, 4.69) is 4.98 Å². The maximum atomic E-state index is 12.5. The van der Waals surface area contributed by atoms with Gasteiger partial charge >= 0.3 is 0 Å². The largest absolute Gasteiger partial charge is 0.508 e. The monoisotopic (exact) mass is 290 g/mol. The van der Waals surface area contributed by atoms with Crippen LogP contribution in [0.5, 0.6) is 5.75 Å². The lowest BCUT2D eigenvalue weighted by molar-refractivity contribution is 0.0752. The van der Waals surface area contributed by atoms with Crippen molar-refractivity contribution in [2.45, 2.75) is 13.5 Å². The molecule has 1 N–H and O–H groups in total. The molecule has 0 aliphatic carbocycles. The Hall–Kier alpha value is -2.07. The second-order valence-electron chi connectivity index (χ2n) is 4.34. The third-order valence-electron chi connectivity index (χ3n) is 2.97. The van der Waals surface area contributed by atoms with E-state index in [1.54, 1.807) is 17.3 Å². The predicted octanol–water partition coefficient (Wildman–Crippen LogP) is 3.10. The van der Waals surface area contributed by atoms with Crippen LogP contribution in [-0.2, 0) is 6.54 Å². The molecule has 2 rings (SSSR count). The van der Waals surface area contributed by atoms with Gasteiger partial charge in [-0.15, -0.1) is 0 Å². The van der Waals surface area contributed by atoms with E-state index in [1.807, 2.05) is 19.1 Å². The zero-order valence-electron chi connectivity index (χ0n) is 11.1. The zero-order chi connectivity index (χ0) is 14.5. The first-order valence-electron chi connectivity index (χ1n) is 6.28. The second-order valence-corrected chi connectivity index (χ2v) is 4.75. The van der Waals surface area contributed by atoms with E-state index in [4.69, 9.17) is 11.6 Å². The van der Waals surface area contributed by atoms with Crippen LogP contribution in [-0.4, -0.2) is 27.4 Å². The van der Waals surface area contributed by atoms with Crippen molar-refractivity contribution >= 4 is 17.5 Å². The first kappa shape index (κ1) is 14.3. The van der Waals surface area contributed by atoms with Gasteiger partial charge in [-0.25, -0.2) is 0 Å². The molecule has 1 amide bonds. The van der Waals surface area contributed by atoms with Crippen molar-refractivity contribution in [1.82, 2.24) is 9.88 Å². The molecule has 0 fully saturated rings. The van der Waals surface area contributed by atoms with E-state index in [9.17, 15) is 9.90 Å². The Kier molecular flexibility index (Phi) is 4.58. The third kappa shape index (κ3) is 3.27. The molecule has 20 heavy (non-hydrogen) atoms. The normalized spacial score (nSPS) is 10.3. The first-order valence-corrected chi connectivity index (χ1v) is 6.66. The first-order chi connectivity index (χ1) is 9.61. The molecular formula is C15H15ClN2O2. The number of nitrogens with zero attached hydrogens (tertiary/aromatic N) is 2. The van der Waals surface area contributed by atoms with Crippen LogP contribution in [0.4, 0.5) is 0 Å². The Morgan fingerprint density at radius 3 is 2.65 bits per heavy atom. The molecule has 1 heterocycles. The van der Waals surface area contributed by atoms with Gasteiger partial charge in [0, 0.05) is 25.5 Å². The highest BCUT2D eigenvalue weighted by atomic mass is 35.5. The summed E-state index contributed by atoms with van der Waals surface area (Å²) in [5, 5.41) is 9.83. The van der Waals surface area contributed by atoms with Crippen LogP contribution in [0.1, 0.15) is 22.8 Å². The third-order valence-corrected chi connectivity index (χ3v) is 3.30. The van der Waals surface area contributed by atoms with Crippen molar-refractivity contribution in [2.75, 3.05) is 6.54 Å². The number of halogens is 1. The van der Waals surface area contributed by atoms with Crippen LogP contribution in [0.2, 0.25) is 5.02 Å². The van der Waals surface area contributed by atoms with Gasteiger partial charge in [-0.3, -0.25) is 9.78 Å². The van der Waals surface area contributed by atoms with Gasteiger partial charge in [0.05, 0.1) is 10.6 Å². The molecule has 0 saturated carbocycles. The minimum atomic E-state index is -0.204. The number of benzene rings is 1. The van der Waals surface area contributed by atoms with Crippen molar-refractivity contribution < 1.29 is 9.90 Å². The van der Waals surface area contributed by atoms with E-state index in [-0.39, 0.29) is 11.7 Å². The van der Waals surface area contributed by atoms with Gasteiger partial charge in [0.25, 0.3) is 5.91 Å². The molecule has 4 nitrogen and oxygen atoms in total. The van der Waals surface area contributed by atoms with Crippen LogP contribution in [0.3, 0.4) is 0 Å². The van der Waals surface area contributed by atoms with E-state index < -0.39 is 0 Å². The number of hydrogen-bond acceptors (Lipinski definition) is 3. The summed E-state index contributed by atoms with van der Waals surface area (Å²) in [4.78, 5) is 18.1. The summed E-state index contributed by atoms with van der Waals surface area (Å²) in [7, 11) is 0. The summed E-state index contributed by atoms with van der Waals surface area (Å²) in [5.41, 5.74) is 1.30. The molecule has 104 valence electrons. The lowest BCUT2D eigenvalue weighted by Crippen LogP contribution is -2.30.